The quantitative estimate of drug-likeness (QED) is 0.887. The average Bonchev–Trinajstić information content (AvgIpc) is 2.91. The number of nitrogens with one attached hydrogen (secondary N) is 1. The van der Waals surface area contributed by atoms with Crippen LogP contribution in [0.5, 0.6) is 0 Å². The van der Waals surface area contributed by atoms with Crippen LogP contribution in [0.1, 0.15) is 58.2 Å². The van der Waals surface area contributed by atoms with Gasteiger partial charge in [0.05, 0.1) is 5.41 Å². The van der Waals surface area contributed by atoms with Crippen molar-refractivity contribution in [3.8, 4) is 0 Å². The lowest BCUT2D eigenvalue weighted by molar-refractivity contribution is 0.00973. The van der Waals surface area contributed by atoms with Gasteiger partial charge in [-0.25, -0.2) is 0 Å². The summed E-state index contributed by atoms with van der Waals surface area (Å²) in [7, 11) is 1.67. The van der Waals surface area contributed by atoms with E-state index < -0.39 is 5.60 Å². The van der Waals surface area contributed by atoms with Crippen molar-refractivity contribution in [1.82, 2.24) is 15.5 Å². The molecule has 2 rings (SSSR count). The van der Waals surface area contributed by atoms with Crippen molar-refractivity contribution in [2.24, 2.45) is 0 Å². The van der Waals surface area contributed by atoms with Gasteiger partial charge in [-0.05, 0) is 46.2 Å². The molecule has 108 valence electrons. The molecule has 1 aromatic rings. The minimum absolute atomic E-state index is 0.0507. The van der Waals surface area contributed by atoms with E-state index in [0.717, 1.165) is 44.7 Å². The first-order valence-corrected chi connectivity index (χ1v) is 7.14. The van der Waals surface area contributed by atoms with Crippen LogP contribution in [0.2, 0.25) is 0 Å². The summed E-state index contributed by atoms with van der Waals surface area (Å²) in [5.41, 5.74) is -0.447. The molecule has 0 bridgehead atoms. The molecule has 5 heteroatoms. The zero-order valence-corrected chi connectivity index (χ0v) is 12.5. The Morgan fingerprint density at radius 3 is 2.63 bits per heavy atom. The van der Waals surface area contributed by atoms with E-state index in [1.165, 1.54) is 0 Å². The number of hydrogen-bond acceptors (Lipinski definition) is 5. The molecule has 1 fully saturated rings. The third-order valence-electron chi connectivity index (χ3n) is 4.22. The Hall–Kier alpha value is -0.940. The minimum atomic E-state index is -0.498. The molecule has 0 aliphatic carbocycles. The van der Waals surface area contributed by atoms with E-state index >= 15 is 0 Å². The zero-order chi connectivity index (χ0) is 13.9. The highest BCUT2D eigenvalue weighted by atomic mass is 16.5. The van der Waals surface area contributed by atoms with Gasteiger partial charge in [-0.15, -0.1) is 0 Å². The van der Waals surface area contributed by atoms with Crippen LogP contribution in [0, 0.1) is 0 Å². The highest BCUT2D eigenvalue weighted by Crippen LogP contribution is 2.37. The van der Waals surface area contributed by atoms with E-state index in [4.69, 9.17) is 9.26 Å². The first-order valence-electron chi connectivity index (χ1n) is 7.14. The van der Waals surface area contributed by atoms with Crippen LogP contribution in [0.3, 0.4) is 0 Å². The second-order valence-electron chi connectivity index (χ2n) is 5.92. The smallest absolute Gasteiger partial charge is 0.233 e. The maximum absolute atomic E-state index is 5.58. The summed E-state index contributed by atoms with van der Waals surface area (Å²) in [6.07, 6.45) is 4.36. The van der Waals surface area contributed by atoms with Gasteiger partial charge in [0.25, 0.3) is 0 Å². The number of hydrogen-bond donors (Lipinski definition) is 1. The van der Waals surface area contributed by atoms with Gasteiger partial charge in [0.2, 0.25) is 11.7 Å². The molecule has 1 saturated heterocycles. The molecule has 0 atom stereocenters. The second kappa shape index (κ2) is 5.59. The Morgan fingerprint density at radius 1 is 1.37 bits per heavy atom. The topological polar surface area (TPSA) is 60.2 Å². The van der Waals surface area contributed by atoms with Crippen LogP contribution in [-0.4, -0.2) is 30.3 Å². The van der Waals surface area contributed by atoms with Crippen molar-refractivity contribution >= 4 is 0 Å². The number of nitrogens with zero attached hydrogens (tertiary/aromatic N) is 2. The molecule has 1 aliphatic rings. The Morgan fingerprint density at radius 2 is 2.05 bits per heavy atom. The molecule has 1 aromatic heterocycles. The summed E-state index contributed by atoms with van der Waals surface area (Å²) >= 11 is 0. The maximum Gasteiger partial charge on any atom is 0.233 e. The van der Waals surface area contributed by atoms with Gasteiger partial charge in [-0.3, -0.25) is 0 Å². The molecule has 0 unspecified atom stereocenters. The summed E-state index contributed by atoms with van der Waals surface area (Å²) in [6, 6.07) is 0. The molecule has 2 heterocycles. The molecular weight excluding hydrogens is 242 g/mol. The van der Waals surface area contributed by atoms with Gasteiger partial charge < -0.3 is 14.6 Å². The fraction of sp³-hybridized carbons (Fsp3) is 0.857. The lowest BCUT2D eigenvalue weighted by Gasteiger charge is -2.34. The number of rotatable bonds is 5. The van der Waals surface area contributed by atoms with Gasteiger partial charge in [-0.2, -0.15) is 4.98 Å². The van der Waals surface area contributed by atoms with Gasteiger partial charge in [-0.1, -0.05) is 18.5 Å². The summed E-state index contributed by atoms with van der Waals surface area (Å²) in [5, 5.41) is 7.53. The van der Waals surface area contributed by atoms with Crippen LogP contribution in [0.25, 0.3) is 0 Å². The molecule has 0 saturated carbocycles. The lowest BCUT2D eigenvalue weighted by atomic mass is 9.75. The first kappa shape index (κ1) is 14.5. The SMILES string of the molecule is CCCC1(c2nc(C(C)(C)OC)no2)CCNCC1. The predicted octanol–water partition coefficient (Wildman–Crippen LogP) is 2.37. The Kier molecular flexibility index (Phi) is 4.26. The predicted molar refractivity (Wildman–Crippen MR) is 73.0 cm³/mol. The van der Waals surface area contributed by atoms with E-state index in [1.807, 2.05) is 13.8 Å². The molecule has 0 aromatic carbocycles. The fourth-order valence-electron chi connectivity index (χ4n) is 2.73. The molecular formula is C14H25N3O2. The maximum atomic E-state index is 5.58. The van der Waals surface area contributed by atoms with Crippen molar-refractivity contribution in [2.75, 3.05) is 20.2 Å². The molecule has 0 radical (unpaired) electrons. The largest absolute Gasteiger partial charge is 0.371 e. The van der Waals surface area contributed by atoms with Crippen LogP contribution in [0.4, 0.5) is 0 Å². The number of ether oxygens (including phenoxy) is 1. The van der Waals surface area contributed by atoms with E-state index in [-0.39, 0.29) is 5.41 Å². The highest BCUT2D eigenvalue weighted by molar-refractivity contribution is 5.09. The molecule has 5 nitrogen and oxygen atoms in total. The van der Waals surface area contributed by atoms with Crippen LogP contribution in [0.15, 0.2) is 4.52 Å². The van der Waals surface area contributed by atoms with Gasteiger partial charge >= 0.3 is 0 Å². The molecule has 1 aliphatic heterocycles. The van der Waals surface area contributed by atoms with Gasteiger partial charge in [0.1, 0.15) is 5.60 Å². The summed E-state index contributed by atoms with van der Waals surface area (Å²) < 4.78 is 11.0. The van der Waals surface area contributed by atoms with E-state index in [0.29, 0.717) is 5.82 Å². The monoisotopic (exact) mass is 267 g/mol. The van der Waals surface area contributed by atoms with Crippen molar-refractivity contribution in [3.05, 3.63) is 11.7 Å². The zero-order valence-electron chi connectivity index (χ0n) is 12.5. The molecule has 1 N–H and O–H groups in total. The Balaban J connectivity index is 2.28. The number of aromatic nitrogens is 2. The Labute approximate surface area is 115 Å². The molecule has 0 amide bonds. The minimum Gasteiger partial charge on any atom is -0.371 e. The number of methoxy groups -OCH3 is 1. The third-order valence-corrected chi connectivity index (χ3v) is 4.22. The van der Waals surface area contributed by atoms with E-state index in [9.17, 15) is 0 Å². The van der Waals surface area contributed by atoms with Crippen molar-refractivity contribution in [3.63, 3.8) is 0 Å². The van der Waals surface area contributed by atoms with Crippen molar-refractivity contribution in [2.45, 2.75) is 57.5 Å². The van der Waals surface area contributed by atoms with Gasteiger partial charge in [0.15, 0.2) is 0 Å². The van der Waals surface area contributed by atoms with E-state index in [2.05, 4.69) is 22.4 Å². The normalized spacial score (nSPS) is 19.6. The number of piperidine rings is 1. The van der Waals surface area contributed by atoms with Gasteiger partial charge in [0, 0.05) is 7.11 Å². The van der Waals surface area contributed by atoms with Crippen LogP contribution < -0.4 is 5.32 Å². The first-order chi connectivity index (χ1) is 9.04. The molecule has 19 heavy (non-hydrogen) atoms. The molecule has 0 spiro atoms. The van der Waals surface area contributed by atoms with Crippen LogP contribution in [-0.2, 0) is 15.8 Å². The summed E-state index contributed by atoms with van der Waals surface area (Å²) in [5.74, 6) is 1.43. The van der Waals surface area contributed by atoms with Crippen LogP contribution >= 0.6 is 0 Å². The van der Waals surface area contributed by atoms with E-state index in [1.54, 1.807) is 7.11 Å². The standard InChI is InChI=1S/C14H25N3O2/c1-5-6-14(7-9-15-10-8-14)12-16-11(17-19-12)13(2,3)18-4/h15H,5-10H2,1-4H3. The lowest BCUT2D eigenvalue weighted by Crippen LogP contribution is -2.40. The fourth-order valence-corrected chi connectivity index (χ4v) is 2.73. The third kappa shape index (κ3) is 2.82. The summed E-state index contributed by atoms with van der Waals surface area (Å²) in [6.45, 7) is 8.16. The van der Waals surface area contributed by atoms with Crippen molar-refractivity contribution < 1.29 is 9.26 Å². The van der Waals surface area contributed by atoms with Crippen molar-refractivity contribution in [1.29, 1.82) is 0 Å². The second-order valence-corrected chi connectivity index (χ2v) is 5.92. The summed E-state index contributed by atoms with van der Waals surface area (Å²) in [4.78, 5) is 4.64. The highest BCUT2D eigenvalue weighted by Gasteiger charge is 2.39. The Bertz CT molecular complexity index is 403. The average molecular weight is 267 g/mol.